The molecule has 0 aromatic heterocycles. The Hall–Kier alpha value is -1.79. The first-order valence-corrected chi connectivity index (χ1v) is 9.63. The standard InChI is InChI=1S/C20H34N4O2/c1-17(2)15-18(24-10-13-25-14-11-24)16-23-20(21-3)22-9-12-26-19-7-5-4-6-8-19/h4-8,17-18H,9-16H2,1-3H3,(H2,21,22,23). The lowest BCUT2D eigenvalue weighted by molar-refractivity contribution is 0.0132. The molecule has 1 fully saturated rings. The molecule has 0 spiro atoms. The molecule has 6 heteroatoms. The van der Waals surface area contributed by atoms with Crippen molar-refractivity contribution in [3.8, 4) is 5.75 Å². The zero-order valence-electron chi connectivity index (χ0n) is 16.4. The Labute approximate surface area is 158 Å². The van der Waals surface area contributed by atoms with E-state index in [4.69, 9.17) is 9.47 Å². The zero-order valence-corrected chi connectivity index (χ0v) is 16.4. The van der Waals surface area contributed by atoms with Crippen molar-refractivity contribution in [2.24, 2.45) is 10.9 Å². The van der Waals surface area contributed by atoms with Gasteiger partial charge in [0.1, 0.15) is 12.4 Å². The van der Waals surface area contributed by atoms with Crippen LogP contribution >= 0.6 is 0 Å². The molecule has 146 valence electrons. The van der Waals surface area contributed by atoms with Gasteiger partial charge >= 0.3 is 0 Å². The molecule has 1 saturated heterocycles. The first-order chi connectivity index (χ1) is 12.7. The quantitative estimate of drug-likeness (QED) is 0.400. The predicted molar refractivity (Wildman–Crippen MR) is 107 cm³/mol. The van der Waals surface area contributed by atoms with Gasteiger partial charge in [-0.2, -0.15) is 0 Å². The minimum absolute atomic E-state index is 0.498. The topological polar surface area (TPSA) is 58.1 Å². The Morgan fingerprint density at radius 1 is 1.19 bits per heavy atom. The third-order valence-electron chi connectivity index (χ3n) is 4.44. The number of nitrogens with zero attached hydrogens (tertiary/aromatic N) is 2. The molecule has 1 aromatic carbocycles. The van der Waals surface area contributed by atoms with Crippen molar-refractivity contribution in [2.75, 3.05) is 53.0 Å². The average Bonchev–Trinajstić information content (AvgIpc) is 2.67. The molecule has 1 aromatic rings. The first kappa shape index (κ1) is 20.5. The molecule has 0 radical (unpaired) electrons. The molecule has 1 unspecified atom stereocenters. The lowest BCUT2D eigenvalue weighted by Crippen LogP contribution is -2.51. The average molecular weight is 363 g/mol. The highest BCUT2D eigenvalue weighted by atomic mass is 16.5. The molecule has 1 aliphatic rings. The molecule has 2 rings (SSSR count). The Bertz CT molecular complexity index is 516. The molecule has 0 bridgehead atoms. The monoisotopic (exact) mass is 362 g/mol. The number of guanidine groups is 1. The van der Waals surface area contributed by atoms with Crippen LogP contribution in [0.5, 0.6) is 5.75 Å². The summed E-state index contributed by atoms with van der Waals surface area (Å²) < 4.78 is 11.2. The van der Waals surface area contributed by atoms with Gasteiger partial charge in [-0.05, 0) is 24.5 Å². The number of ether oxygens (including phenoxy) is 2. The number of hydrogen-bond acceptors (Lipinski definition) is 4. The van der Waals surface area contributed by atoms with Crippen LogP contribution in [-0.2, 0) is 4.74 Å². The van der Waals surface area contributed by atoms with Crippen molar-refractivity contribution in [2.45, 2.75) is 26.3 Å². The van der Waals surface area contributed by atoms with Crippen LogP contribution in [0.3, 0.4) is 0 Å². The third kappa shape index (κ3) is 7.62. The van der Waals surface area contributed by atoms with Crippen LogP contribution < -0.4 is 15.4 Å². The minimum Gasteiger partial charge on any atom is -0.492 e. The van der Waals surface area contributed by atoms with E-state index in [9.17, 15) is 0 Å². The van der Waals surface area contributed by atoms with E-state index in [0.717, 1.165) is 44.6 Å². The number of morpholine rings is 1. The van der Waals surface area contributed by atoms with Crippen LogP contribution in [0.2, 0.25) is 0 Å². The van der Waals surface area contributed by atoms with E-state index in [0.29, 0.717) is 25.1 Å². The van der Waals surface area contributed by atoms with Crippen LogP contribution in [0.1, 0.15) is 20.3 Å². The smallest absolute Gasteiger partial charge is 0.191 e. The fourth-order valence-corrected chi connectivity index (χ4v) is 3.14. The predicted octanol–water partition coefficient (Wildman–Crippen LogP) is 1.98. The number of aliphatic imine (C=N–C) groups is 1. The van der Waals surface area contributed by atoms with Gasteiger partial charge in [0.05, 0.1) is 19.8 Å². The van der Waals surface area contributed by atoms with E-state index in [1.807, 2.05) is 30.3 Å². The second kappa shape index (κ2) is 11.8. The van der Waals surface area contributed by atoms with Gasteiger partial charge in [-0.3, -0.25) is 9.89 Å². The van der Waals surface area contributed by atoms with Crippen LogP contribution in [0.25, 0.3) is 0 Å². The normalized spacial score (nSPS) is 17.2. The maximum Gasteiger partial charge on any atom is 0.191 e. The van der Waals surface area contributed by atoms with Crippen LogP contribution in [0.15, 0.2) is 35.3 Å². The Balaban J connectivity index is 1.72. The summed E-state index contributed by atoms with van der Waals surface area (Å²) in [6.07, 6.45) is 1.17. The largest absolute Gasteiger partial charge is 0.492 e. The second-order valence-electron chi connectivity index (χ2n) is 6.97. The SMILES string of the molecule is CN=C(NCCOc1ccccc1)NCC(CC(C)C)N1CCOCC1. The number of para-hydroxylation sites is 1. The third-order valence-corrected chi connectivity index (χ3v) is 4.44. The Kier molecular flexibility index (Phi) is 9.28. The molecule has 1 heterocycles. The summed E-state index contributed by atoms with van der Waals surface area (Å²) in [6.45, 7) is 10.4. The van der Waals surface area contributed by atoms with Crippen molar-refractivity contribution in [3.63, 3.8) is 0 Å². The Morgan fingerprint density at radius 3 is 2.58 bits per heavy atom. The van der Waals surface area contributed by atoms with Crippen molar-refractivity contribution in [1.29, 1.82) is 0 Å². The fourth-order valence-electron chi connectivity index (χ4n) is 3.14. The molecule has 1 aliphatic heterocycles. The van der Waals surface area contributed by atoms with Crippen molar-refractivity contribution >= 4 is 5.96 Å². The van der Waals surface area contributed by atoms with Gasteiger partial charge in [-0.1, -0.05) is 32.0 Å². The van der Waals surface area contributed by atoms with Gasteiger partial charge in [0.2, 0.25) is 0 Å². The Morgan fingerprint density at radius 2 is 1.92 bits per heavy atom. The molecule has 6 nitrogen and oxygen atoms in total. The lowest BCUT2D eigenvalue weighted by Gasteiger charge is -2.35. The summed E-state index contributed by atoms with van der Waals surface area (Å²) in [5, 5.41) is 6.79. The van der Waals surface area contributed by atoms with Gasteiger partial charge in [-0.25, -0.2) is 0 Å². The summed E-state index contributed by atoms with van der Waals surface area (Å²) in [6, 6.07) is 10.4. The number of rotatable bonds is 9. The van der Waals surface area contributed by atoms with E-state index < -0.39 is 0 Å². The van der Waals surface area contributed by atoms with E-state index in [1.54, 1.807) is 7.05 Å². The van der Waals surface area contributed by atoms with Crippen molar-refractivity contribution < 1.29 is 9.47 Å². The molecule has 2 N–H and O–H groups in total. The zero-order chi connectivity index (χ0) is 18.6. The van der Waals surface area contributed by atoms with Crippen LogP contribution in [0, 0.1) is 5.92 Å². The lowest BCUT2D eigenvalue weighted by atomic mass is 10.0. The van der Waals surface area contributed by atoms with Gasteiger partial charge in [0.25, 0.3) is 0 Å². The summed E-state index contributed by atoms with van der Waals surface area (Å²) in [5.74, 6) is 2.38. The van der Waals surface area contributed by atoms with Gasteiger partial charge in [0, 0.05) is 32.7 Å². The second-order valence-corrected chi connectivity index (χ2v) is 6.97. The summed E-state index contributed by atoms with van der Waals surface area (Å²) >= 11 is 0. The summed E-state index contributed by atoms with van der Waals surface area (Å²) in [4.78, 5) is 6.85. The van der Waals surface area contributed by atoms with E-state index in [-0.39, 0.29) is 0 Å². The van der Waals surface area contributed by atoms with Crippen molar-refractivity contribution in [3.05, 3.63) is 30.3 Å². The number of benzene rings is 1. The van der Waals surface area contributed by atoms with Crippen molar-refractivity contribution in [1.82, 2.24) is 15.5 Å². The maximum atomic E-state index is 5.71. The molecule has 1 atom stereocenters. The molecular weight excluding hydrogens is 328 g/mol. The fraction of sp³-hybridized carbons (Fsp3) is 0.650. The van der Waals surface area contributed by atoms with E-state index in [2.05, 4.69) is 34.4 Å². The first-order valence-electron chi connectivity index (χ1n) is 9.63. The number of nitrogens with one attached hydrogen (secondary N) is 2. The van der Waals surface area contributed by atoms with E-state index >= 15 is 0 Å². The minimum atomic E-state index is 0.498. The van der Waals surface area contributed by atoms with Crippen LogP contribution in [0.4, 0.5) is 0 Å². The maximum absolute atomic E-state index is 5.71. The van der Waals surface area contributed by atoms with Gasteiger partial charge in [0.15, 0.2) is 5.96 Å². The summed E-state index contributed by atoms with van der Waals surface area (Å²) in [5.41, 5.74) is 0. The molecule has 0 aliphatic carbocycles. The molecular formula is C20H34N4O2. The highest BCUT2D eigenvalue weighted by Crippen LogP contribution is 2.13. The summed E-state index contributed by atoms with van der Waals surface area (Å²) in [7, 11) is 1.81. The van der Waals surface area contributed by atoms with Crippen LogP contribution in [-0.4, -0.2) is 69.9 Å². The van der Waals surface area contributed by atoms with Gasteiger partial charge in [-0.15, -0.1) is 0 Å². The van der Waals surface area contributed by atoms with E-state index in [1.165, 1.54) is 6.42 Å². The van der Waals surface area contributed by atoms with Gasteiger partial charge < -0.3 is 20.1 Å². The highest BCUT2D eigenvalue weighted by molar-refractivity contribution is 5.79. The number of hydrogen-bond donors (Lipinski definition) is 2. The molecule has 0 saturated carbocycles. The highest BCUT2D eigenvalue weighted by Gasteiger charge is 2.22. The molecule has 26 heavy (non-hydrogen) atoms. The molecule has 0 amide bonds.